The van der Waals surface area contributed by atoms with E-state index >= 15 is 0 Å². The van der Waals surface area contributed by atoms with E-state index in [2.05, 4.69) is 32.6 Å². The van der Waals surface area contributed by atoms with Gasteiger partial charge in [-0.2, -0.15) is 0 Å². The maximum absolute atomic E-state index is 6.46. The van der Waals surface area contributed by atoms with Gasteiger partial charge in [-0.15, -0.1) is 11.6 Å². The molecule has 76 valence electrons. The molecule has 0 heterocycles. The highest BCUT2D eigenvalue weighted by Crippen LogP contribution is 2.33. The third-order valence-electron chi connectivity index (χ3n) is 2.44. The topological polar surface area (TPSA) is 0 Å². The molecule has 0 aromatic heterocycles. The Bertz CT molecular complexity index is 313. The summed E-state index contributed by atoms with van der Waals surface area (Å²) < 4.78 is 0. The molecule has 0 radical (unpaired) electrons. The van der Waals surface area contributed by atoms with Crippen LogP contribution in [0.2, 0.25) is 0 Å². The lowest BCUT2D eigenvalue weighted by atomic mass is 9.94. The average molecular weight is 209 g/mol. The highest BCUT2D eigenvalue weighted by molar-refractivity contribution is 6.23. The molecule has 1 aromatic rings. The molecule has 0 nitrogen and oxygen atoms in total. The third kappa shape index (κ3) is 2.62. The molecule has 0 aliphatic rings. The zero-order chi connectivity index (χ0) is 10.6. The highest BCUT2D eigenvalue weighted by atomic mass is 35.5. The number of rotatable bonds is 4. The van der Waals surface area contributed by atoms with Crippen LogP contribution in [0.4, 0.5) is 0 Å². The summed E-state index contributed by atoms with van der Waals surface area (Å²) in [5, 5.41) is 0. The first-order valence-electron chi connectivity index (χ1n) is 5.02. The monoisotopic (exact) mass is 208 g/mol. The van der Waals surface area contributed by atoms with E-state index in [1.807, 2.05) is 18.2 Å². The molecule has 0 bridgehead atoms. The minimum absolute atomic E-state index is 0.242. The molecule has 0 N–H and O–H groups in total. The van der Waals surface area contributed by atoms with Crippen molar-refractivity contribution in [2.24, 2.45) is 0 Å². The van der Waals surface area contributed by atoms with Crippen molar-refractivity contribution in [3.8, 4) is 0 Å². The molecule has 0 saturated carbocycles. The zero-order valence-corrected chi connectivity index (χ0v) is 9.64. The summed E-state index contributed by atoms with van der Waals surface area (Å²) in [7, 11) is 0. The van der Waals surface area contributed by atoms with Gasteiger partial charge in [0.05, 0.1) is 4.87 Å². The summed E-state index contributed by atoms with van der Waals surface area (Å²) in [6.45, 7) is 7.98. The third-order valence-corrected chi connectivity index (χ3v) is 2.85. The second-order valence-corrected chi connectivity index (χ2v) is 4.61. The van der Waals surface area contributed by atoms with E-state index in [-0.39, 0.29) is 4.87 Å². The van der Waals surface area contributed by atoms with Gasteiger partial charge in [-0.25, -0.2) is 0 Å². The molecule has 0 spiro atoms. The van der Waals surface area contributed by atoms with Crippen molar-refractivity contribution in [1.29, 1.82) is 0 Å². The van der Waals surface area contributed by atoms with Gasteiger partial charge >= 0.3 is 0 Å². The molecule has 1 aromatic carbocycles. The van der Waals surface area contributed by atoms with Crippen molar-refractivity contribution >= 4 is 17.7 Å². The minimum atomic E-state index is -0.242. The molecular formula is C13H17Cl. The molecular weight excluding hydrogens is 192 g/mol. The van der Waals surface area contributed by atoms with Crippen LogP contribution in [0.1, 0.15) is 37.8 Å². The predicted octanol–water partition coefficient (Wildman–Crippen LogP) is 4.58. The normalized spacial score (nSPS) is 14.8. The van der Waals surface area contributed by atoms with Crippen LogP contribution in [0.25, 0.3) is 6.08 Å². The smallest absolute Gasteiger partial charge is 0.0667 e. The van der Waals surface area contributed by atoms with Gasteiger partial charge in [0, 0.05) is 0 Å². The van der Waals surface area contributed by atoms with E-state index in [1.165, 1.54) is 5.56 Å². The van der Waals surface area contributed by atoms with Gasteiger partial charge in [0.1, 0.15) is 0 Å². The van der Waals surface area contributed by atoms with Gasteiger partial charge in [-0.05, 0) is 24.5 Å². The van der Waals surface area contributed by atoms with Gasteiger partial charge in [0.25, 0.3) is 0 Å². The van der Waals surface area contributed by atoms with E-state index in [4.69, 9.17) is 11.6 Å². The number of halogens is 1. The second kappa shape index (κ2) is 4.65. The summed E-state index contributed by atoms with van der Waals surface area (Å²) in [6, 6.07) is 8.25. The quantitative estimate of drug-likeness (QED) is 0.636. The molecule has 0 fully saturated rings. The standard InChI is InChI=1S/C13H17Cl/c1-4-9-13(3,14)12-8-6-7-11(5-2)10-12/h5-8,10H,2,4,9H2,1,3H3. The molecule has 1 rings (SSSR count). The molecule has 1 heteroatoms. The number of alkyl halides is 1. The lowest BCUT2D eigenvalue weighted by Crippen LogP contribution is -2.13. The largest absolute Gasteiger partial charge is 0.114 e. The van der Waals surface area contributed by atoms with E-state index in [9.17, 15) is 0 Å². The Kier molecular flexibility index (Phi) is 3.77. The molecule has 0 aliphatic heterocycles. The number of hydrogen-bond donors (Lipinski definition) is 0. The lowest BCUT2D eigenvalue weighted by Gasteiger charge is -2.22. The van der Waals surface area contributed by atoms with Crippen LogP contribution in [-0.4, -0.2) is 0 Å². The van der Waals surface area contributed by atoms with Gasteiger partial charge in [0.2, 0.25) is 0 Å². The van der Waals surface area contributed by atoms with E-state index in [0.717, 1.165) is 18.4 Å². The summed E-state index contributed by atoms with van der Waals surface area (Å²) in [5.41, 5.74) is 2.31. The van der Waals surface area contributed by atoms with Crippen LogP contribution in [-0.2, 0) is 4.87 Å². The summed E-state index contributed by atoms with van der Waals surface area (Å²) >= 11 is 6.46. The van der Waals surface area contributed by atoms with E-state index in [0.29, 0.717) is 0 Å². The average Bonchev–Trinajstić information content (AvgIpc) is 2.18. The predicted molar refractivity (Wildman–Crippen MR) is 64.6 cm³/mol. The first-order chi connectivity index (χ1) is 6.60. The Morgan fingerprint density at radius 3 is 2.79 bits per heavy atom. The first-order valence-corrected chi connectivity index (χ1v) is 5.40. The fourth-order valence-corrected chi connectivity index (χ4v) is 1.91. The van der Waals surface area contributed by atoms with Gasteiger partial charge in [0.15, 0.2) is 0 Å². The van der Waals surface area contributed by atoms with Crippen LogP contribution in [0.15, 0.2) is 30.8 Å². The molecule has 0 aliphatic carbocycles. The Labute approximate surface area is 91.6 Å². The van der Waals surface area contributed by atoms with E-state index in [1.54, 1.807) is 0 Å². The minimum Gasteiger partial charge on any atom is -0.114 e. The second-order valence-electron chi connectivity index (χ2n) is 3.78. The van der Waals surface area contributed by atoms with Crippen LogP contribution >= 0.6 is 11.6 Å². The van der Waals surface area contributed by atoms with Crippen molar-refractivity contribution in [3.05, 3.63) is 42.0 Å². The maximum atomic E-state index is 6.46. The lowest BCUT2D eigenvalue weighted by molar-refractivity contribution is 0.597. The highest BCUT2D eigenvalue weighted by Gasteiger charge is 2.21. The Morgan fingerprint density at radius 1 is 1.50 bits per heavy atom. The fraction of sp³-hybridized carbons (Fsp3) is 0.385. The van der Waals surface area contributed by atoms with Crippen LogP contribution in [0.3, 0.4) is 0 Å². The van der Waals surface area contributed by atoms with Crippen molar-refractivity contribution < 1.29 is 0 Å². The molecule has 1 atom stereocenters. The van der Waals surface area contributed by atoms with Crippen molar-refractivity contribution in [1.82, 2.24) is 0 Å². The van der Waals surface area contributed by atoms with Gasteiger partial charge in [-0.3, -0.25) is 0 Å². The van der Waals surface area contributed by atoms with Gasteiger partial charge < -0.3 is 0 Å². The van der Waals surface area contributed by atoms with E-state index < -0.39 is 0 Å². The summed E-state index contributed by atoms with van der Waals surface area (Å²) in [5.74, 6) is 0. The Hall–Kier alpha value is -0.750. The van der Waals surface area contributed by atoms with Crippen LogP contribution in [0.5, 0.6) is 0 Å². The number of hydrogen-bond acceptors (Lipinski definition) is 0. The molecule has 14 heavy (non-hydrogen) atoms. The van der Waals surface area contributed by atoms with Gasteiger partial charge in [-0.1, -0.05) is 50.3 Å². The SMILES string of the molecule is C=Cc1cccc(C(C)(Cl)CCC)c1. The summed E-state index contributed by atoms with van der Waals surface area (Å²) in [4.78, 5) is -0.242. The van der Waals surface area contributed by atoms with Crippen molar-refractivity contribution in [2.45, 2.75) is 31.6 Å². The van der Waals surface area contributed by atoms with Crippen molar-refractivity contribution in [3.63, 3.8) is 0 Å². The molecule has 1 unspecified atom stereocenters. The molecule has 0 amide bonds. The molecule has 0 saturated heterocycles. The Balaban J connectivity index is 2.99. The maximum Gasteiger partial charge on any atom is 0.0667 e. The van der Waals surface area contributed by atoms with Crippen LogP contribution < -0.4 is 0 Å². The summed E-state index contributed by atoms with van der Waals surface area (Å²) in [6.07, 6.45) is 3.94. The fourth-order valence-electron chi connectivity index (χ4n) is 1.60. The first kappa shape index (κ1) is 11.3. The van der Waals surface area contributed by atoms with Crippen molar-refractivity contribution in [2.75, 3.05) is 0 Å². The Morgan fingerprint density at radius 2 is 2.21 bits per heavy atom. The van der Waals surface area contributed by atoms with Crippen LogP contribution in [0, 0.1) is 0 Å². The zero-order valence-electron chi connectivity index (χ0n) is 8.89. The number of benzene rings is 1.